The van der Waals surface area contributed by atoms with Crippen LogP contribution in [0, 0.1) is 0 Å². The summed E-state index contributed by atoms with van der Waals surface area (Å²) >= 11 is 0. The summed E-state index contributed by atoms with van der Waals surface area (Å²) in [6.45, 7) is -1.98. The molecule has 2 aliphatic rings. The standard InChI is InChI=1S/C16H21F2NO2/c17-15(18)21-14-5-3-12(4-6-14)19-13-7-10-20-16(11-13)8-1-2-9-16/h3-6,13,15,19H,1-2,7-11H2. The van der Waals surface area contributed by atoms with Gasteiger partial charge in [-0.3, -0.25) is 0 Å². The first-order valence-electron chi connectivity index (χ1n) is 7.61. The molecule has 116 valence electrons. The fourth-order valence-electron chi connectivity index (χ4n) is 3.49. The number of halogens is 2. The van der Waals surface area contributed by atoms with Gasteiger partial charge in [0.25, 0.3) is 0 Å². The molecule has 1 aliphatic carbocycles. The second kappa shape index (κ2) is 6.18. The van der Waals surface area contributed by atoms with Crippen molar-refractivity contribution < 1.29 is 18.3 Å². The molecule has 0 bridgehead atoms. The second-order valence-electron chi connectivity index (χ2n) is 5.98. The van der Waals surface area contributed by atoms with Crippen molar-refractivity contribution in [3.05, 3.63) is 24.3 Å². The van der Waals surface area contributed by atoms with Gasteiger partial charge in [0, 0.05) is 18.3 Å². The van der Waals surface area contributed by atoms with E-state index in [2.05, 4.69) is 10.1 Å². The molecule has 2 fully saturated rings. The minimum Gasteiger partial charge on any atom is -0.435 e. The Kier molecular flexibility index (Phi) is 4.29. The minimum absolute atomic E-state index is 0.0780. The van der Waals surface area contributed by atoms with Gasteiger partial charge < -0.3 is 14.8 Å². The maximum Gasteiger partial charge on any atom is 0.387 e. The van der Waals surface area contributed by atoms with Gasteiger partial charge in [0.05, 0.1) is 5.60 Å². The number of rotatable bonds is 4. The summed E-state index contributed by atoms with van der Waals surface area (Å²) in [6.07, 6.45) is 6.84. The molecule has 0 radical (unpaired) electrons. The maximum atomic E-state index is 12.1. The molecule has 3 nitrogen and oxygen atoms in total. The van der Waals surface area contributed by atoms with E-state index in [1.54, 1.807) is 24.3 Å². The van der Waals surface area contributed by atoms with E-state index >= 15 is 0 Å². The van der Waals surface area contributed by atoms with E-state index in [9.17, 15) is 8.78 Å². The van der Waals surface area contributed by atoms with Crippen molar-refractivity contribution in [2.24, 2.45) is 0 Å². The van der Waals surface area contributed by atoms with E-state index < -0.39 is 6.61 Å². The highest BCUT2D eigenvalue weighted by molar-refractivity contribution is 5.47. The second-order valence-corrected chi connectivity index (χ2v) is 5.98. The van der Waals surface area contributed by atoms with Gasteiger partial charge in [0.2, 0.25) is 0 Å². The van der Waals surface area contributed by atoms with Crippen LogP contribution in [0.2, 0.25) is 0 Å². The van der Waals surface area contributed by atoms with Gasteiger partial charge in [-0.05, 0) is 49.9 Å². The van der Waals surface area contributed by atoms with Crippen LogP contribution in [0.1, 0.15) is 38.5 Å². The molecule has 1 spiro atoms. The van der Waals surface area contributed by atoms with Crippen molar-refractivity contribution in [2.45, 2.75) is 56.8 Å². The average Bonchev–Trinajstić information content (AvgIpc) is 2.88. The molecule has 1 heterocycles. The Hall–Kier alpha value is -1.36. The molecule has 1 unspecified atom stereocenters. The van der Waals surface area contributed by atoms with Gasteiger partial charge >= 0.3 is 6.61 Å². The molecule has 1 aromatic carbocycles. The van der Waals surface area contributed by atoms with Crippen LogP contribution in [0.15, 0.2) is 24.3 Å². The SMILES string of the molecule is FC(F)Oc1ccc(NC2CCOC3(CCCC3)C2)cc1. The number of hydrogen-bond acceptors (Lipinski definition) is 3. The van der Waals surface area contributed by atoms with Crippen molar-refractivity contribution in [2.75, 3.05) is 11.9 Å². The third-order valence-corrected chi connectivity index (χ3v) is 4.46. The Morgan fingerprint density at radius 2 is 1.90 bits per heavy atom. The summed E-state index contributed by atoms with van der Waals surface area (Å²) in [5.74, 6) is 0.190. The zero-order valence-electron chi connectivity index (χ0n) is 12.0. The zero-order chi connectivity index (χ0) is 14.7. The highest BCUT2D eigenvalue weighted by Crippen LogP contribution is 2.40. The highest BCUT2D eigenvalue weighted by atomic mass is 19.3. The van der Waals surface area contributed by atoms with Gasteiger partial charge in [0.1, 0.15) is 5.75 Å². The number of nitrogens with one attached hydrogen (secondary N) is 1. The van der Waals surface area contributed by atoms with E-state index in [4.69, 9.17) is 4.74 Å². The molecular weight excluding hydrogens is 276 g/mol. The molecular formula is C16H21F2NO2. The summed E-state index contributed by atoms with van der Waals surface area (Å²) in [5, 5.41) is 3.49. The molecule has 1 atom stereocenters. The minimum atomic E-state index is -2.78. The lowest BCUT2D eigenvalue weighted by atomic mass is 9.89. The van der Waals surface area contributed by atoms with Crippen LogP contribution in [0.25, 0.3) is 0 Å². The summed E-state index contributed by atoms with van der Waals surface area (Å²) in [4.78, 5) is 0. The van der Waals surface area contributed by atoms with Gasteiger partial charge in [-0.2, -0.15) is 8.78 Å². The predicted molar refractivity (Wildman–Crippen MR) is 76.9 cm³/mol. The number of anilines is 1. The van der Waals surface area contributed by atoms with Gasteiger partial charge in [-0.15, -0.1) is 0 Å². The molecule has 1 aliphatic heterocycles. The smallest absolute Gasteiger partial charge is 0.387 e. The third kappa shape index (κ3) is 3.64. The van der Waals surface area contributed by atoms with Crippen LogP contribution in [-0.2, 0) is 4.74 Å². The molecule has 5 heteroatoms. The number of ether oxygens (including phenoxy) is 2. The van der Waals surface area contributed by atoms with Crippen LogP contribution in [0.4, 0.5) is 14.5 Å². The van der Waals surface area contributed by atoms with E-state index in [1.807, 2.05) is 0 Å². The maximum absolute atomic E-state index is 12.1. The Morgan fingerprint density at radius 1 is 1.19 bits per heavy atom. The van der Waals surface area contributed by atoms with Crippen molar-refractivity contribution in [1.82, 2.24) is 0 Å². The first-order valence-corrected chi connectivity index (χ1v) is 7.61. The fourth-order valence-corrected chi connectivity index (χ4v) is 3.49. The fraction of sp³-hybridized carbons (Fsp3) is 0.625. The monoisotopic (exact) mass is 297 g/mol. The first-order chi connectivity index (χ1) is 10.2. The summed E-state index contributed by atoms with van der Waals surface area (Å²) < 4.78 is 34.6. The number of hydrogen-bond donors (Lipinski definition) is 1. The zero-order valence-corrected chi connectivity index (χ0v) is 12.0. The molecule has 0 amide bonds. The summed E-state index contributed by atoms with van der Waals surface area (Å²) in [5.41, 5.74) is 1.02. The van der Waals surface area contributed by atoms with Crippen molar-refractivity contribution in [3.63, 3.8) is 0 Å². The first kappa shape index (κ1) is 14.6. The van der Waals surface area contributed by atoms with E-state index in [0.29, 0.717) is 6.04 Å². The van der Waals surface area contributed by atoms with E-state index in [1.165, 1.54) is 12.8 Å². The molecule has 1 saturated heterocycles. The lowest BCUT2D eigenvalue weighted by molar-refractivity contribution is -0.0767. The third-order valence-electron chi connectivity index (χ3n) is 4.46. The van der Waals surface area contributed by atoms with Crippen LogP contribution >= 0.6 is 0 Å². The van der Waals surface area contributed by atoms with E-state index in [-0.39, 0.29) is 11.4 Å². The van der Waals surface area contributed by atoms with Gasteiger partial charge in [-0.25, -0.2) is 0 Å². The molecule has 21 heavy (non-hydrogen) atoms. The quantitative estimate of drug-likeness (QED) is 0.904. The largest absolute Gasteiger partial charge is 0.435 e. The Bertz CT molecular complexity index is 458. The molecule has 1 N–H and O–H groups in total. The van der Waals surface area contributed by atoms with Crippen LogP contribution in [-0.4, -0.2) is 24.9 Å². The Labute approximate surface area is 123 Å². The number of alkyl halides is 2. The average molecular weight is 297 g/mol. The van der Waals surface area contributed by atoms with Gasteiger partial charge in [0.15, 0.2) is 0 Å². The van der Waals surface area contributed by atoms with E-state index in [0.717, 1.165) is 38.0 Å². The predicted octanol–water partition coefficient (Wildman–Crippen LogP) is 4.19. The lowest BCUT2D eigenvalue weighted by Gasteiger charge is -2.39. The molecule has 1 saturated carbocycles. The van der Waals surface area contributed by atoms with Crippen molar-refractivity contribution in [1.29, 1.82) is 0 Å². The normalized spacial score (nSPS) is 24.4. The lowest BCUT2D eigenvalue weighted by Crippen LogP contribution is -2.42. The molecule has 1 aromatic rings. The Balaban J connectivity index is 1.58. The van der Waals surface area contributed by atoms with Crippen LogP contribution in [0.3, 0.4) is 0 Å². The summed E-state index contributed by atoms with van der Waals surface area (Å²) in [7, 11) is 0. The topological polar surface area (TPSA) is 30.5 Å². The summed E-state index contributed by atoms with van der Waals surface area (Å²) in [6, 6.07) is 7.10. The molecule has 0 aromatic heterocycles. The Morgan fingerprint density at radius 3 is 2.57 bits per heavy atom. The molecule has 3 rings (SSSR count). The van der Waals surface area contributed by atoms with Crippen LogP contribution < -0.4 is 10.1 Å². The van der Waals surface area contributed by atoms with Crippen molar-refractivity contribution >= 4 is 5.69 Å². The number of benzene rings is 1. The van der Waals surface area contributed by atoms with Gasteiger partial charge in [-0.1, -0.05) is 12.8 Å². The van der Waals surface area contributed by atoms with Crippen LogP contribution in [0.5, 0.6) is 5.75 Å². The highest BCUT2D eigenvalue weighted by Gasteiger charge is 2.39. The van der Waals surface area contributed by atoms with Crippen molar-refractivity contribution in [3.8, 4) is 5.75 Å².